The lowest BCUT2D eigenvalue weighted by molar-refractivity contribution is 0.0957. The minimum atomic E-state index is -0.0964. The molecule has 0 fully saturated rings. The second kappa shape index (κ2) is 8.88. The largest absolute Gasteiger partial charge is 0.508 e. The maximum atomic E-state index is 12.6. The van der Waals surface area contributed by atoms with Gasteiger partial charge in [0.25, 0.3) is 5.91 Å². The van der Waals surface area contributed by atoms with E-state index in [4.69, 9.17) is 0 Å². The van der Waals surface area contributed by atoms with Crippen LogP contribution in [0.5, 0.6) is 5.75 Å². The average molecular weight is 416 g/mol. The van der Waals surface area contributed by atoms with Gasteiger partial charge in [-0.2, -0.15) is 0 Å². The van der Waals surface area contributed by atoms with Crippen LogP contribution in [0.4, 0.5) is 0 Å². The second-order valence-electron chi connectivity index (χ2n) is 6.90. The van der Waals surface area contributed by atoms with E-state index in [1.807, 2.05) is 49.4 Å². The number of nitrogens with zero attached hydrogens (tertiary/aromatic N) is 2. The van der Waals surface area contributed by atoms with Crippen LogP contribution in [0.25, 0.3) is 21.8 Å². The highest BCUT2D eigenvalue weighted by Crippen LogP contribution is 2.29. The first-order valence-corrected chi connectivity index (χ1v) is 10.5. The Hall–Kier alpha value is -3.51. The maximum Gasteiger partial charge on any atom is 0.263 e. The van der Waals surface area contributed by atoms with Crippen molar-refractivity contribution in [2.45, 2.75) is 13.3 Å². The molecule has 4 rings (SSSR count). The summed E-state index contributed by atoms with van der Waals surface area (Å²) in [5.74, 6) is 0.129. The van der Waals surface area contributed by atoms with Crippen molar-refractivity contribution >= 4 is 17.2 Å². The number of thiazole rings is 1. The molecule has 0 bridgehead atoms. The fourth-order valence-corrected chi connectivity index (χ4v) is 4.07. The van der Waals surface area contributed by atoms with Gasteiger partial charge in [-0.15, -0.1) is 11.3 Å². The van der Waals surface area contributed by atoms with Crippen molar-refractivity contribution in [2.24, 2.45) is 0 Å². The number of hydrogen-bond donors (Lipinski definition) is 2. The summed E-state index contributed by atoms with van der Waals surface area (Å²) in [6.07, 6.45) is 2.55. The van der Waals surface area contributed by atoms with Crippen LogP contribution in [0, 0.1) is 6.92 Å². The van der Waals surface area contributed by atoms with Crippen molar-refractivity contribution in [3.8, 4) is 27.6 Å². The van der Waals surface area contributed by atoms with Crippen molar-refractivity contribution in [1.29, 1.82) is 0 Å². The summed E-state index contributed by atoms with van der Waals surface area (Å²) >= 11 is 1.37. The Labute approximate surface area is 179 Å². The van der Waals surface area contributed by atoms with Crippen LogP contribution in [0.1, 0.15) is 20.9 Å². The number of aromatic hydroxyl groups is 1. The molecule has 1 amide bonds. The number of phenols is 1. The molecule has 2 N–H and O–H groups in total. The summed E-state index contributed by atoms with van der Waals surface area (Å²) in [4.78, 5) is 22.3. The molecule has 0 saturated carbocycles. The number of aromatic nitrogens is 2. The van der Waals surface area contributed by atoms with E-state index in [1.54, 1.807) is 18.3 Å². The van der Waals surface area contributed by atoms with Crippen molar-refractivity contribution in [3.05, 3.63) is 89.1 Å². The smallest absolute Gasteiger partial charge is 0.263 e. The molecule has 6 heteroatoms. The summed E-state index contributed by atoms with van der Waals surface area (Å²) < 4.78 is 0. The van der Waals surface area contributed by atoms with Gasteiger partial charge >= 0.3 is 0 Å². The van der Waals surface area contributed by atoms with E-state index in [-0.39, 0.29) is 11.7 Å². The molecular formula is C24H21N3O2S. The van der Waals surface area contributed by atoms with Gasteiger partial charge in [0.05, 0.1) is 11.4 Å². The molecule has 0 aliphatic carbocycles. The predicted octanol–water partition coefficient (Wildman–Crippen LogP) is 4.86. The molecule has 5 nitrogen and oxygen atoms in total. The zero-order chi connectivity index (χ0) is 20.9. The minimum absolute atomic E-state index is 0.0964. The molecule has 0 aliphatic heterocycles. The lowest BCUT2D eigenvalue weighted by Crippen LogP contribution is -2.25. The van der Waals surface area contributed by atoms with E-state index in [2.05, 4.69) is 27.4 Å². The Morgan fingerprint density at radius 3 is 2.43 bits per heavy atom. The monoisotopic (exact) mass is 415 g/mol. The maximum absolute atomic E-state index is 12.6. The van der Waals surface area contributed by atoms with Gasteiger partial charge in [0.1, 0.15) is 15.6 Å². The Kier molecular flexibility index (Phi) is 5.86. The summed E-state index contributed by atoms with van der Waals surface area (Å²) in [7, 11) is 0. The number of nitrogens with one attached hydrogen (secondary N) is 1. The van der Waals surface area contributed by atoms with Gasteiger partial charge in [-0.05, 0) is 55.3 Å². The number of amides is 1. The van der Waals surface area contributed by atoms with E-state index in [0.29, 0.717) is 11.4 Å². The lowest BCUT2D eigenvalue weighted by atomic mass is 10.1. The Morgan fingerprint density at radius 1 is 1.00 bits per heavy atom. The Bertz CT molecular complexity index is 1140. The molecule has 4 aromatic rings. The third-order valence-electron chi connectivity index (χ3n) is 4.72. The van der Waals surface area contributed by atoms with Gasteiger partial charge in [0.15, 0.2) is 0 Å². The number of rotatable bonds is 6. The van der Waals surface area contributed by atoms with Crippen LogP contribution in [-0.2, 0) is 6.42 Å². The van der Waals surface area contributed by atoms with E-state index >= 15 is 0 Å². The number of carbonyl (C=O) groups excluding carboxylic acids is 1. The highest BCUT2D eigenvalue weighted by atomic mass is 32.1. The van der Waals surface area contributed by atoms with Crippen LogP contribution in [0.2, 0.25) is 0 Å². The second-order valence-corrected chi connectivity index (χ2v) is 7.90. The summed E-state index contributed by atoms with van der Waals surface area (Å²) in [5, 5.41) is 13.2. The third kappa shape index (κ3) is 4.55. The summed E-state index contributed by atoms with van der Waals surface area (Å²) in [5.41, 5.74) is 4.52. The van der Waals surface area contributed by atoms with E-state index in [0.717, 1.165) is 33.9 Å². The number of pyridine rings is 1. The molecule has 30 heavy (non-hydrogen) atoms. The lowest BCUT2D eigenvalue weighted by Gasteiger charge is -2.04. The van der Waals surface area contributed by atoms with Gasteiger partial charge in [-0.25, -0.2) is 4.98 Å². The van der Waals surface area contributed by atoms with Crippen molar-refractivity contribution in [1.82, 2.24) is 15.3 Å². The fourth-order valence-electron chi connectivity index (χ4n) is 3.10. The topological polar surface area (TPSA) is 75.1 Å². The standard InChI is InChI=1S/C24H21N3O2S/c1-16-22(23(29)25-14-13-17-5-3-2-4-6-17)30-24(27-16)19-9-12-21(26-15-19)18-7-10-20(28)11-8-18/h2-12,15,28H,13-14H2,1H3,(H,25,29). The quantitative estimate of drug-likeness (QED) is 0.472. The molecule has 2 aromatic heterocycles. The number of carbonyl (C=O) groups is 1. The first kappa shape index (κ1) is 19.8. The third-order valence-corrected chi connectivity index (χ3v) is 5.92. The number of aryl methyl sites for hydroxylation is 1. The van der Waals surface area contributed by atoms with Crippen LogP contribution in [0.3, 0.4) is 0 Å². The van der Waals surface area contributed by atoms with Crippen molar-refractivity contribution in [3.63, 3.8) is 0 Å². The summed E-state index contributed by atoms with van der Waals surface area (Å²) in [6, 6.07) is 20.9. The molecular weight excluding hydrogens is 394 g/mol. The number of phenolic OH excluding ortho intramolecular Hbond substituents is 1. The van der Waals surface area contributed by atoms with Crippen LogP contribution in [0.15, 0.2) is 72.9 Å². The summed E-state index contributed by atoms with van der Waals surface area (Å²) in [6.45, 7) is 2.43. The number of benzene rings is 2. The normalized spacial score (nSPS) is 10.7. The molecule has 0 saturated heterocycles. The first-order chi connectivity index (χ1) is 14.6. The molecule has 0 spiro atoms. The van der Waals surface area contributed by atoms with Crippen molar-refractivity contribution < 1.29 is 9.90 Å². The number of hydrogen-bond acceptors (Lipinski definition) is 5. The van der Waals surface area contributed by atoms with Crippen molar-refractivity contribution in [2.75, 3.05) is 6.54 Å². The zero-order valence-corrected chi connectivity index (χ0v) is 17.3. The highest BCUT2D eigenvalue weighted by molar-refractivity contribution is 7.17. The van der Waals surface area contributed by atoms with Gasteiger partial charge in [0, 0.05) is 23.9 Å². The van der Waals surface area contributed by atoms with Crippen LogP contribution in [-0.4, -0.2) is 27.5 Å². The molecule has 0 atom stereocenters. The average Bonchev–Trinajstić information content (AvgIpc) is 3.17. The van der Waals surface area contributed by atoms with Crippen LogP contribution >= 0.6 is 11.3 Å². The zero-order valence-electron chi connectivity index (χ0n) is 16.5. The Balaban J connectivity index is 1.44. The minimum Gasteiger partial charge on any atom is -0.508 e. The first-order valence-electron chi connectivity index (χ1n) is 9.65. The molecule has 0 radical (unpaired) electrons. The Morgan fingerprint density at radius 2 is 1.73 bits per heavy atom. The molecule has 2 aromatic carbocycles. The van der Waals surface area contributed by atoms with Gasteiger partial charge < -0.3 is 10.4 Å². The van der Waals surface area contributed by atoms with Gasteiger partial charge in [-0.3, -0.25) is 9.78 Å². The molecule has 150 valence electrons. The van der Waals surface area contributed by atoms with E-state index in [9.17, 15) is 9.90 Å². The van der Waals surface area contributed by atoms with Gasteiger partial charge in [-0.1, -0.05) is 30.3 Å². The van der Waals surface area contributed by atoms with Crippen LogP contribution < -0.4 is 5.32 Å². The van der Waals surface area contributed by atoms with E-state index in [1.165, 1.54) is 16.9 Å². The fraction of sp³-hybridized carbons (Fsp3) is 0.125. The highest BCUT2D eigenvalue weighted by Gasteiger charge is 2.16. The molecule has 0 unspecified atom stereocenters. The molecule has 2 heterocycles. The van der Waals surface area contributed by atoms with Gasteiger partial charge in [0.2, 0.25) is 0 Å². The van der Waals surface area contributed by atoms with E-state index < -0.39 is 0 Å². The SMILES string of the molecule is Cc1nc(-c2ccc(-c3ccc(O)cc3)nc2)sc1C(=O)NCCc1ccccc1. The molecule has 0 aliphatic rings. The predicted molar refractivity (Wildman–Crippen MR) is 120 cm³/mol.